The van der Waals surface area contributed by atoms with Crippen LogP contribution < -0.4 is 10.2 Å². The number of Topliss-reactive ketones (excluding diaryl/α,β-unsaturated/α-hetero) is 1. The number of nitrogens with zero attached hydrogens (tertiary/aromatic N) is 1. The van der Waals surface area contributed by atoms with E-state index in [9.17, 15) is 14.4 Å². The largest absolute Gasteiger partial charge is 0.325 e. The van der Waals surface area contributed by atoms with Crippen LogP contribution in [0.3, 0.4) is 0 Å². The summed E-state index contributed by atoms with van der Waals surface area (Å²) in [6.45, 7) is 2.65. The van der Waals surface area contributed by atoms with Crippen molar-refractivity contribution in [1.82, 2.24) is 0 Å². The topological polar surface area (TPSA) is 66.5 Å². The summed E-state index contributed by atoms with van der Waals surface area (Å²) in [4.78, 5) is 36.8. The second-order valence-electron chi connectivity index (χ2n) is 5.24. The van der Waals surface area contributed by atoms with Gasteiger partial charge in [-0.3, -0.25) is 14.4 Å². The van der Waals surface area contributed by atoms with Gasteiger partial charge in [-0.25, -0.2) is 0 Å². The maximum absolute atomic E-state index is 12.3. The Bertz CT molecular complexity index is 789. The van der Waals surface area contributed by atoms with E-state index in [1.165, 1.54) is 18.7 Å². The van der Waals surface area contributed by atoms with E-state index < -0.39 is 0 Å². The molecule has 0 spiro atoms. The van der Waals surface area contributed by atoms with Crippen molar-refractivity contribution in [3.63, 3.8) is 0 Å². The fraction of sp³-hybridized carbons (Fsp3) is 0.167. The number of ketones is 1. The Labute approximate surface area is 145 Å². The summed E-state index contributed by atoms with van der Waals surface area (Å²) in [6, 6.07) is 13.4. The number of anilines is 2. The lowest BCUT2D eigenvalue weighted by Crippen LogP contribution is -2.36. The van der Waals surface area contributed by atoms with Crippen molar-refractivity contribution in [2.75, 3.05) is 16.8 Å². The van der Waals surface area contributed by atoms with Crippen molar-refractivity contribution in [1.29, 1.82) is 0 Å². The summed E-state index contributed by atoms with van der Waals surface area (Å²) in [6.07, 6.45) is 0. The number of rotatable bonds is 5. The highest BCUT2D eigenvalue weighted by Crippen LogP contribution is 2.25. The van der Waals surface area contributed by atoms with Crippen molar-refractivity contribution in [3.05, 3.63) is 59.1 Å². The zero-order chi connectivity index (χ0) is 17.7. The van der Waals surface area contributed by atoms with Gasteiger partial charge in [-0.2, -0.15) is 0 Å². The van der Waals surface area contributed by atoms with E-state index in [0.29, 0.717) is 22.0 Å². The number of carbonyl (C=O) groups is 3. The normalized spacial score (nSPS) is 10.1. The second-order valence-corrected chi connectivity index (χ2v) is 5.65. The molecule has 1 N–H and O–H groups in total. The fourth-order valence-electron chi connectivity index (χ4n) is 2.20. The van der Waals surface area contributed by atoms with Crippen molar-refractivity contribution < 1.29 is 14.4 Å². The smallest absolute Gasteiger partial charge is 0.244 e. The molecule has 2 aromatic rings. The molecule has 0 aliphatic heterocycles. The number of halogens is 1. The van der Waals surface area contributed by atoms with Crippen LogP contribution >= 0.6 is 11.6 Å². The average molecular weight is 345 g/mol. The fourth-order valence-corrected chi connectivity index (χ4v) is 2.43. The molecule has 2 aromatic carbocycles. The molecule has 0 saturated heterocycles. The number of hydrogen-bond acceptors (Lipinski definition) is 3. The van der Waals surface area contributed by atoms with Crippen LogP contribution in [0.1, 0.15) is 24.2 Å². The minimum Gasteiger partial charge on any atom is -0.325 e. The summed E-state index contributed by atoms with van der Waals surface area (Å²) in [5.74, 6) is -0.769. The van der Waals surface area contributed by atoms with Gasteiger partial charge in [0.2, 0.25) is 11.8 Å². The van der Waals surface area contributed by atoms with Crippen LogP contribution in [-0.4, -0.2) is 24.1 Å². The van der Waals surface area contributed by atoms with E-state index in [4.69, 9.17) is 11.6 Å². The van der Waals surface area contributed by atoms with Crippen LogP contribution in [-0.2, 0) is 9.59 Å². The molecule has 124 valence electrons. The first kappa shape index (κ1) is 17.7. The summed E-state index contributed by atoms with van der Waals surface area (Å²) in [5.41, 5.74) is 1.47. The van der Waals surface area contributed by atoms with Gasteiger partial charge in [0.05, 0.1) is 10.7 Å². The maximum Gasteiger partial charge on any atom is 0.244 e. The molecular formula is C18H17ClN2O3. The van der Waals surface area contributed by atoms with E-state index in [0.717, 1.165) is 0 Å². The van der Waals surface area contributed by atoms with Gasteiger partial charge in [0.25, 0.3) is 0 Å². The van der Waals surface area contributed by atoms with Gasteiger partial charge in [0.1, 0.15) is 6.54 Å². The molecule has 0 atom stereocenters. The zero-order valence-electron chi connectivity index (χ0n) is 13.4. The molecule has 0 aliphatic carbocycles. The predicted octanol–water partition coefficient (Wildman–Crippen LogP) is 3.53. The molecule has 5 nitrogen and oxygen atoms in total. The molecule has 2 rings (SSSR count). The molecule has 6 heteroatoms. The number of carbonyl (C=O) groups excluding carboxylic acids is 3. The molecule has 0 bridgehead atoms. The number of benzene rings is 2. The summed E-state index contributed by atoms with van der Waals surface area (Å²) >= 11 is 6.10. The highest BCUT2D eigenvalue weighted by Gasteiger charge is 2.18. The summed E-state index contributed by atoms with van der Waals surface area (Å²) < 4.78 is 0. The van der Waals surface area contributed by atoms with Crippen LogP contribution in [0, 0.1) is 0 Å². The van der Waals surface area contributed by atoms with Crippen LogP contribution in [0.4, 0.5) is 11.4 Å². The molecular weight excluding hydrogens is 328 g/mol. The minimum absolute atomic E-state index is 0.0903. The molecule has 0 radical (unpaired) electrons. The van der Waals surface area contributed by atoms with Crippen LogP contribution in [0.25, 0.3) is 0 Å². The predicted molar refractivity (Wildman–Crippen MR) is 94.6 cm³/mol. The highest BCUT2D eigenvalue weighted by atomic mass is 35.5. The van der Waals surface area contributed by atoms with Gasteiger partial charge in [-0.1, -0.05) is 35.9 Å². The van der Waals surface area contributed by atoms with Gasteiger partial charge >= 0.3 is 0 Å². The first-order valence-corrected chi connectivity index (χ1v) is 7.70. The van der Waals surface area contributed by atoms with Crippen molar-refractivity contribution in [2.45, 2.75) is 13.8 Å². The van der Waals surface area contributed by atoms with Crippen LogP contribution in [0.5, 0.6) is 0 Å². The third-order valence-electron chi connectivity index (χ3n) is 3.38. The summed E-state index contributed by atoms with van der Waals surface area (Å²) in [7, 11) is 0. The van der Waals surface area contributed by atoms with Gasteiger partial charge < -0.3 is 10.2 Å². The Morgan fingerprint density at radius 1 is 1.04 bits per heavy atom. The Hall–Kier alpha value is -2.66. The molecule has 0 heterocycles. The molecule has 0 aliphatic rings. The van der Waals surface area contributed by atoms with Crippen molar-refractivity contribution in [2.24, 2.45) is 0 Å². The molecule has 0 aromatic heterocycles. The monoisotopic (exact) mass is 344 g/mol. The van der Waals surface area contributed by atoms with Gasteiger partial charge in [0.15, 0.2) is 5.78 Å². The first-order valence-electron chi connectivity index (χ1n) is 7.32. The van der Waals surface area contributed by atoms with Gasteiger partial charge in [-0.05, 0) is 31.2 Å². The standard InChI is InChI=1S/C18H17ClN2O3/c1-12(22)14-6-5-7-15(10-14)20-18(24)11-21(13(2)23)17-9-4-3-8-16(17)19/h3-10H,11H2,1-2H3,(H,20,24). The lowest BCUT2D eigenvalue weighted by Gasteiger charge is -2.21. The molecule has 24 heavy (non-hydrogen) atoms. The number of hydrogen-bond donors (Lipinski definition) is 1. The van der Waals surface area contributed by atoms with E-state index >= 15 is 0 Å². The quantitative estimate of drug-likeness (QED) is 0.844. The van der Waals surface area contributed by atoms with E-state index in [1.54, 1.807) is 48.5 Å². The Kier molecular flexibility index (Phi) is 5.71. The van der Waals surface area contributed by atoms with Crippen molar-refractivity contribution >= 4 is 40.6 Å². The van der Waals surface area contributed by atoms with Crippen molar-refractivity contribution in [3.8, 4) is 0 Å². The Balaban J connectivity index is 2.15. The Morgan fingerprint density at radius 2 is 1.75 bits per heavy atom. The van der Waals surface area contributed by atoms with E-state index in [2.05, 4.69) is 5.32 Å². The average Bonchev–Trinajstić information content (AvgIpc) is 2.53. The van der Waals surface area contributed by atoms with E-state index in [1.807, 2.05) is 0 Å². The van der Waals surface area contributed by atoms with Crippen LogP contribution in [0.15, 0.2) is 48.5 Å². The minimum atomic E-state index is -0.383. The summed E-state index contributed by atoms with van der Waals surface area (Å²) in [5, 5.41) is 3.07. The first-order chi connectivity index (χ1) is 11.4. The van der Waals surface area contributed by atoms with Gasteiger partial charge in [-0.15, -0.1) is 0 Å². The zero-order valence-corrected chi connectivity index (χ0v) is 14.1. The van der Waals surface area contributed by atoms with Gasteiger partial charge in [0, 0.05) is 18.2 Å². The lowest BCUT2D eigenvalue weighted by molar-refractivity contribution is -0.120. The number of nitrogens with one attached hydrogen (secondary N) is 1. The lowest BCUT2D eigenvalue weighted by atomic mass is 10.1. The third-order valence-corrected chi connectivity index (χ3v) is 3.70. The van der Waals surface area contributed by atoms with E-state index in [-0.39, 0.29) is 24.1 Å². The Morgan fingerprint density at radius 3 is 2.38 bits per heavy atom. The second kappa shape index (κ2) is 7.75. The molecule has 0 unspecified atom stereocenters. The maximum atomic E-state index is 12.3. The number of amides is 2. The SMILES string of the molecule is CC(=O)c1cccc(NC(=O)CN(C(C)=O)c2ccccc2Cl)c1. The molecule has 0 fully saturated rings. The molecule has 2 amide bonds. The highest BCUT2D eigenvalue weighted by molar-refractivity contribution is 6.33. The van der Waals surface area contributed by atoms with Crippen LogP contribution in [0.2, 0.25) is 5.02 Å². The number of para-hydroxylation sites is 1. The molecule has 0 saturated carbocycles. The third kappa shape index (κ3) is 4.43.